The molecule has 0 aliphatic carbocycles. The van der Waals surface area contributed by atoms with Crippen molar-refractivity contribution in [3.8, 4) is 17.2 Å². The number of aliphatic hydroxyl groups excluding tert-OH is 1. The van der Waals surface area contributed by atoms with Crippen molar-refractivity contribution in [3.63, 3.8) is 0 Å². The summed E-state index contributed by atoms with van der Waals surface area (Å²) in [6.07, 6.45) is 1.33. The summed E-state index contributed by atoms with van der Waals surface area (Å²) in [5.41, 5.74) is -0.223. The van der Waals surface area contributed by atoms with Crippen LogP contribution in [0, 0.1) is 5.92 Å². The predicted molar refractivity (Wildman–Crippen MR) is 115 cm³/mol. The predicted octanol–water partition coefficient (Wildman–Crippen LogP) is 3.62. The smallest absolute Gasteiger partial charge is 0.290 e. The Labute approximate surface area is 181 Å². The molecule has 1 unspecified atom stereocenters. The van der Waals surface area contributed by atoms with Crippen molar-refractivity contribution in [1.29, 1.82) is 0 Å². The van der Waals surface area contributed by atoms with E-state index < -0.39 is 23.1 Å². The van der Waals surface area contributed by atoms with Crippen LogP contribution in [0.2, 0.25) is 0 Å². The van der Waals surface area contributed by atoms with Crippen LogP contribution >= 0.6 is 0 Å². The normalized spacial score (nSPS) is 18.2. The molecule has 0 saturated carbocycles. The molecule has 0 aromatic heterocycles. The summed E-state index contributed by atoms with van der Waals surface area (Å²) >= 11 is 0. The van der Waals surface area contributed by atoms with Crippen LogP contribution in [0.15, 0.2) is 54.3 Å². The fraction of sp³-hybridized carbons (Fsp3) is 0.333. The van der Waals surface area contributed by atoms with Crippen LogP contribution in [-0.2, 0) is 21.7 Å². The highest BCUT2D eigenvalue weighted by Gasteiger charge is 2.52. The third-order valence-electron chi connectivity index (χ3n) is 5.43. The molecule has 0 spiro atoms. The highest BCUT2D eigenvalue weighted by Crippen LogP contribution is 2.43. The zero-order valence-corrected chi connectivity index (χ0v) is 18.3. The Morgan fingerprint density at radius 3 is 2.35 bits per heavy atom. The first-order valence-corrected chi connectivity index (χ1v) is 9.92. The number of ether oxygens (including phenoxy) is 3. The fourth-order valence-electron chi connectivity index (χ4n) is 3.88. The summed E-state index contributed by atoms with van der Waals surface area (Å²) < 4.78 is 16.0. The van der Waals surface area contributed by atoms with E-state index in [1.807, 2.05) is 12.1 Å². The van der Waals surface area contributed by atoms with Crippen LogP contribution < -0.4 is 14.2 Å². The second-order valence-electron chi connectivity index (χ2n) is 7.63. The molecule has 164 valence electrons. The molecule has 1 atom stereocenters. The lowest BCUT2D eigenvalue weighted by Gasteiger charge is -2.38. The zero-order chi connectivity index (χ0) is 22.8. The van der Waals surface area contributed by atoms with Gasteiger partial charge in [-0.25, -0.2) is 0 Å². The molecule has 7 heteroatoms. The van der Waals surface area contributed by atoms with E-state index in [0.717, 1.165) is 5.56 Å². The van der Waals surface area contributed by atoms with Gasteiger partial charge in [-0.3, -0.25) is 9.59 Å². The number of Topliss-reactive ketones (excluding diaryl/α,β-unsaturated/α-hetero) is 1. The lowest BCUT2D eigenvalue weighted by atomic mass is 9.80. The molecular weight excluding hydrogens is 398 g/mol. The second-order valence-corrected chi connectivity index (χ2v) is 7.63. The topological polar surface area (TPSA) is 85.3 Å². The molecule has 3 rings (SSSR count). The van der Waals surface area contributed by atoms with Gasteiger partial charge in [0.1, 0.15) is 5.75 Å². The number of nitrogens with zero attached hydrogens (tertiary/aromatic N) is 1. The maximum absolute atomic E-state index is 13.6. The first-order chi connectivity index (χ1) is 14.8. The fourth-order valence-corrected chi connectivity index (χ4v) is 3.88. The first-order valence-electron chi connectivity index (χ1n) is 9.92. The minimum absolute atomic E-state index is 0.101. The molecule has 0 saturated heterocycles. The maximum Gasteiger partial charge on any atom is 0.290 e. The molecule has 0 radical (unpaired) electrons. The summed E-state index contributed by atoms with van der Waals surface area (Å²) in [4.78, 5) is 28.0. The third-order valence-corrected chi connectivity index (χ3v) is 5.43. The van der Waals surface area contributed by atoms with E-state index in [-0.39, 0.29) is 12.3 Å². The molecule has 7 nitrogen and oxygen atoms in total. The monoisotopic (exact) mass is 425 g/mol. The van der Waals surface area contributed by atoms with Gasteiger partial charge in [-0.1, -0.05) is 32.0 Å². The van der Waals surface area contributed by atoms with Crippen LogP contribution in [0.25, 0.3) is 0 Å². The number of aliphatic hydroxyl groups is 1. The molecule has 0 fully saturated rings. The summed E-state index contributed by atoms with van der Waals surface area (Å²) in [6, 6.07) is 12.3. The van der Waals surface area contributed by atoms with Crippen LogP contribution in [0.4, 0.5) is 0 Å². The number of hydrogen-bond acceptors (Lipinski definition) is 6. The van der Waals surface area contributed by atoms with E-state index in [1.165, 1.54) is 25.2 Å². The minimum Gasteiger partial charge on any atom is -0.503 e. The highest BCUT2D eigenvalue weighted by atomic mass is 16.5. The van der Waals surface area contributed by atoms with Gasteiger partial charge >= 0.3 is 0 Å². The van der Waals surface area contributed by atoms with Crippen molar-refractivity contribution in [3.05, 3.63) is 65.4 Å². The van der Waals surface area contributed by atoms with Gasteiger partial charge in [0, 0.05) is 18.5 Å². The van der Waals surface area contributed by atoms with Gasteiger partial charge < -0.3 is 24.2 Å². The van der Waals surface area contributed by atoms with Crippen molar-refractivity contribution >= 4 is 11.7 Å². The zero-order valence-electron chi connectivity index (χ0n) is 18.3. The number of rotatable bonds is 8. The Morgan fingerprint density at radius 1 is 1.03 bits per heavy atom. The van der Waals surface area contributed by atoms with E-state index in [0.29, 0.717) is 22.8 Å². The van der Waals surface area contributed by atoms with Gasteiger partial charge in [0.05, 0.1) is 21.3 Å². The largest absolute Gasteiger partial charge is 0.503 e. The number of hydrogen-bond donors (Lipinski definition) is 1. The van der Waals surface area contributed by atoms with Gasteiger partial charge in [0.2, 0.25) is 0 Å². The summed E-state index contributed by atoms with van der Waals surface area (Å²) in [7, 11) is 4.58. The Morgan fingerprint density at radius 2 is 1.74 bits per heavy atom. The van der Waals surface area contributed by atoms with Crippen molar-refractivity contribution in [2.24, 2.45) is 5.92 Å². The SMILES string of the molecule is COc1cccc(CN2C(=O)C(O)=CC2(C(=O)C(C)C)c2ccc(OC)c(OC)c2)c1. The van der Waals surface area contributed by atoms with E-state index in [4.69, 9.17) is 14.2 Å². The lowest BCUT2D eigenvalue weighted by Crippen LogP contribution is -2.51. The maximum atomic E-state index is 13.6. The van der Waals surface area contributed by atoms with Gasteiger partial charge in [-0.15, -0.1) is 0 Å². The van der Waals surface area contributed by atoms with Crippen LogP contribution in [0.1, 0.15) is 25.0 Å². The number of amides is 1. The first kappa shape index (κ1) is 22.2. The molecule has 31 heavy (non-hydrogen) atoms. The quantitative estimate of drug-likeness (QED) is 0.695. The van der Waals surface area contributed by atoms with Crippen molar-refractivity contribution in [2.75, 3.05) is 21.3 Å². The third kappa shape index (κ3) is 3.83. The molecule has 1 aliphatic rings. The van der Waals surface area contributed by atoms with Gasteiger partial charge in [-0.05, 0) is 35.4 Å². The molecule has 1 amide bonds. The van der Waals surface area contributed by atoms with Gasteiger partial charge in [0.25, 0.3) is 5.91 Å². The Balaban J connectivity index is 2.20. The molecule has 1 aliphatic heterocycles. The molecule has 2 aromatic rings. The van der Waals surface area contributed by atoms with Crippen molar-refractivity contribution in [2.45, 2.75) is 25.9 Å². The molecule has 0 bridgehead atoms. The molecule has 1 heterocycles. The summed E-state index contributed by atoms with van der Waals surface area (Å²) in [5, 5.41) is 10.4. The van der Waals surface area contributed by atoms with Crippen LogP contribution in [-0.4, -0.2) is 43.0 Å². The Kier molecular flexibility index (Phi) is 6.24. The minimum atomic E-state index is -1.49. The number of methoxy groups -OCH3 is 3. The Bertz CT molecular complexity index is 1030. The standard InChI is InChI=1S/C24H27NO6/c1-15(2)22(27)24(17-9-10-20(30-4)21(12-17)31-5)13-19(26)23(28)25(24)14-16-7-6-8-18(11-16)29-3/h6-13,15,26H,14H2,1-5H3. The highest BCUT2D eigenvalue weighted by molar-refractivity contribution is 6.05. The van der Waals surface area contributed by atoms with E-state index in [2.05, 4.69) is 0 Å². The molecule has 2 aromatic carbocycles. The Hall–Kier alpha value is -3.48. The van der Waals surface area contributed by atoms with Gasteiger partial charge in [0.15, 0.2) is 28.6 Å². The van der Waals surface area contributed by atoms with Crippen molar-refractivity contribution in [1.82, 2.24) is 4.90 Å². The second kappa shape index (κ2) is 8.71. The lowest BCUT2D eigenvalue weighted by molar-refractivity contribution is -0.143. The number of carbonyl (C=O) groups is 2. The van der Waals surface area contributed by atoms with E-state index in [1.54, 1.807) is 51.3 Å². The van der Waals surface area contributed by atoms with Crippen molar-refractivity contribution < 1.29 is 28.9 Å². The van der Waals surface area contributed by atoms with E-state index in [9.17, 15) is 14.7 Å². The molecular formula is C24H27NO6. The number of benzene rings is 2. The number of ketones is 1. The molecule has 1 N–H and O–H groups in total. The summed E-state index contributed by atoms with van der Waals surface area (Å²) in [5.74, 6) is -0.165. The van der Waals surface area contributed by atoms with Crippen LogP contribution in [0.3, 0.4) is 0 Å². The van der Waals surface area contributed by atoms with E-state index >= 15 is 0 Å². The number of carbonyl (C=O) groups excluding carboxylic acids is 2. The average molecular weight is 425 g/mol. The van der Waals surface area contributed by atoms with Crippen LogP contribution in [0.5, 0.6) is 17.2 Å². The average Bonchev–Trinajstić information content (AvgIpc) is 3.03. The van der Waals surface area contributed by atoms with Gasteiger partial charge in [-0.2, -0.15) is 0 Å². The summed E-state index contributed by atoms with van der Waals surface area (Å²) in [6.45, 7) is 3.63.